The smallest absolute Gasteiger partial charge is 0.254 e. The van der Waals surface area contributed by atoms with Crippen molar-refractivity contribution in [2.24, 2.45) is 0 Å². The first-order valence-corrected chi connectivity index (χ1v) is 13.5. The van der Waals surface area contributed by atoms with E-state index in [1.54, 1.807) is 13.0 Å². The summed E-state index contributed by atoms with van der Waals surface area (Å²) in [5.41, 5.74) is 4.52. The molecular formula is C24H26N4O4S2. The molecule has 0 aliphatic carbocycles. The lowest BCUT2D eigenvalue weighted by atomic mass is 9.97. The maximum atomic E-state index is 13.0. The first-order valence-electron chi connectivity index (χ1n) is 10.7. The van der Waals surface area contributed by atoms with Crippen LogP contribution in [0.4, 0.5) is 10.8 Å². The molecule has 1 aromatic heterocycles. The number of anilines is 2. The third-order valence-corrected chi connectivity index (χ3v) is 7.71. The van der Waals surface area contributed by atoms with Gasteiger partial charge >= 0.3 is 0 Å². The highest BCUT2D eigenvalue weighted by Crippen LogP contribution is 2.28. The van der Waals surface area contributed by atoms with Crippen LogP contribution in [0.25, 0.3) is 11.3 Å². The lowest BCUT2D eigenvalue weighted by Gasteiger charge is -2.28. The summed E-state index contributed by atoms with van der Waals surface area (Å²) in [4.78, 5) is 33.8. The number of fused-ring (bicyclic) bond motifs is 1. The van der Waals surface area contributed by atoms with Crippen LogP contribution in [0.2, 0.25) is 0 Å². The second kappa shape index (κ2) is 9.19. The molecule has 4 rings (SSSR count). The van der Waals surface area contributed by atoms with Gasteiger partial charge in [-0.2, -0.15) is 0 Å². The maximum absolute atomic E-state index is 13.0. The number of nitrogens with zero attached hydrogens (tertiary/aromatic N) is 3. The van der Waals surface area contributed by atoms with Gasteiger partial charge in [0.2, 0.25) is 5.91 Å². The SMILES string of the molecule is Cc1cc2c(cc1S(C)(=O)=O)C(=O)N(CC(=O)Nc1nc(-c3cccc(N(C)C)c3)cs1)CC2. The summed E-state index contributed by atoms with van der Waals surface area (Å²) in [7, 11) is 0.476. The van der Waals surface area contributed by atoms with Crippen molar-refractivity contribution in [2.75, 3.05) is 43.7 Å². The zero-order chi connectivity index (χ0) is 24.6. The molecule has 178 valence electrons. The second-order valence-corrected chi connectivity index (χ2v) is 11.4. The van der Waals surface area contributed by atoms with Gasteiger partial charge in [-0.25, -0.2) is 13.4 Å². The highest BCUT2D eigenvalue weighted by molar-refractivity contribution is 7.90. The second-order valence-electron chi connectivity index (χ2n) is 8.55. The quantitative estimate of drug-likeness (QED) is 0.560. The molecule has 0 saturated heterocycles. The molecule has 1 aliphatic rings. The number of thiazole rings is 1. The molecule has 0 radical (unpaired) electrons. The van der Waals surface area contributed by atoms with E-state index in [0.717, 1.165) is 28.8 Å². The Morgan fingerprint density at radius 2 is 2.00 bits per heavy atom. The summed E-state index contributed by atoms with van der Waals surface area (Å²) in [6.45, 7) is 1.97. The predicted octanol–water partition coefficient (Wildman–Crippen LogP) is 3.23. The van der Waals surface area contributed by atoms with Gasteiger partial charge in [0.25, 0.3) is 5.91 Å². The summed E-state index contributed by atoms with van der Waals surface area (Å²) in [5.74, 6) is -0.697. The Hall–Kier alpha value is -3.24. The molecular weight excluding hydrogens is 472 g/mol. The van der Waals surface area contributed by atoms with Crippen LogP contribution in [0.15, 0.2) is 46.7 Å². The number of amides is 2. The molecule has 1 aliphatic heterocycles. The highest BCUT2D eigenvalue weighted by Gasteiger charge is 2.28. The molecule has 8 nitrogen and oxygen atoms in total. The number of hydrogen-bond acceptors (Lipinski definition) is 7. The molecule has 2 heterocycles. The van der Waals surface area contributed by atoms with Gasteiger partial charge in [-0.3, -0.25) is 9.59 Å². The fourth-order valence-corrected chi connectivity index (χ4v) is 5.68. The van der Waals surface area contributed by atoms with E-state index in [0.29, 0.717) is 29.2 Å². The third-order valence-electron chi connectivity index (χ3n) is 5.71. The molecule has 0 bridgehead atoms. The van der Waals surface area contributed by atoms with Gasteiger partial charge in [0, 0.05) is 49.1 Å². The van der Waals surface area contributed by atoms with Crippen molar-refractivity contribution in [3.8, 4) is 11.3 Å². The van der Waals surface area contributed by atoms with Crippen molar-refractivity contribution < 1.29 is 18.0 Å². The van der Waals surface area contributed by atoms with Crippen LogP contribution < -0.4 is 10.2 Å². The Bertz CT molecular complexity index is 1380. The Labute approximate surface area is 203 Å². The monoisotopic (exact) mass is 498 g/mol. The average Bonchev–Trinajstić information content (AvgIpc) is 3.23. The summed E-state index contributed by atoms with van der Waals surface area (Å²) in [6.07, 6.45) is 1.68. The Morgan fingerprint density at radius 1 is 1.24 bits per heavy atom. The molecule has 0 fully saturated rings. The summed E-state index contributed by atoms with van der Waals surface area (Å²) in [5, 5.41) is 5.10. The van der Waals surface area contributed by atoms with Crippen LogP contribution in [0.3, 0.4) is 0 Å². The molecule has 2 aromatic carbocycles. The average molecular weight is 499 g/mol. The number of sulfone groups is 1. The number of hydrogen-bond donors (Lipinski definition) is 1. The zero-order valence-corrected chi connectivity index (χ0v) is 21.1. The van der Waals surface area contributed by atoms with Gasteiger partial charge in [0.05, 0.1) is 10.6 Å². The van der Waals surface area contributed by atoms with Crippen LogP contribution in [0.5, 0.6) is 0 Å². The largest absolute Gasteiger partial charge is 0.378 e. The van der Waals surface area contributed by atoms with Gasteiger partial charge in [-0.15, -0.1) is 11.3 Å². The normalized spacial score (nSPS) is 13.5. The van der Waals surface area contributed by atoms with Gasteiger partial charge in [-0.1, -0.05) is 18.2 Å². The van der Waals surface area contributed by atoms with Gasteiger partial charge < -0.3 is 15.1 Å². The fourth-order valence-electron chi connectivity index (χ4n) is 3.97. The Morgan fingerprint density at radius 3 is 2.71 bits per heavy atom. The van der Waals surface area contributed by atoms with E-state index in [2.05, 4.69) is 10.3 Å². The first kappa shape index (κ1) is 23.9. The molecule has 0 saturated carbocycles. The van der Waals surface area contributed by atoms with Crippen molar-refractivity contribution in [1.82, 2.24) is 9.88 Å². The number of aryl methyl sites for hydroxylation is 1. The number of carbonyl (C=O) groups excluding carboxylic acids is 2. The van der Waals surface area contributed by atoms with Crippen molar-refractivity contribution in [2.45, 2.75) is 18.2 Å². The van der Waals surface area contributed by atoms with E-state index < -0.39 is 9.84 Å². The standard InChI is InChI=1S/C24H26N4O4S2/c1-15-10-16-8-9-28(23(30)19(16)12-21(15)34(4,31)32)13-22(29)26-24-25-20(14-33-24)17-6-5-7-18(11-17)27(2)3/h5-7,10-12,14H,8-9,13H2,1-4H3,(H,25,26,29). The van der Waals surface area contributed by atoms with Crippen molar-refractivity contribution in [3.05, 3.63) is 58.5 Å². The molecule has 0 spiro atoms. The van der Waals surface area contributed by atoms with Gasteiger partial charge in [0.1, 0.15) is 6.54 Å². The molecule has 0 atom stereocenters. The van der Waals surface area contributed by atoms with E-state index in [1.165, 1.54) is 22.3 Å². The van der Waals surface area contributed by atoms with Crippen molar-refractivity contribution in [3.63, 3.8) is 0 Å². The minimum Gasteiger partial charge on any atom is -0.378 e. The predicted molar refractivity (Wildman–Crippen MR) is 134 cm³/mol. The van der Waals surface area contributed by atoms with E-state index in [4.69, 9.17) is 0 Å². The molecule has 10 heteroatoms. The minimum atomic E-state index is -3.46. The Balaban J connectivity index is 1.46. The van der Waals surface area contributed by atoms with Crippen LogP contribution in [-0.2, 0) is 21.1 Å². The van der Waals surface area contributed by atoms with Crippen molar-refractivity contribution in [1.29, 1.82) is 0 Å². The van der Waals surface area contributed by atoms with Crippen molar-refractivity contribution >= 4 is 43.8 Å². The molecule has 0 unspecified atom stereocenters. The number of nitrogens with one attached hydrogen (secondary N) is 1. The number of carbonyl (C=O) groups is 2. The lowest BCUT2D eigenvalue weighted by Crippen LogP contribution is -2.42. The third kappa shape index (κ3) is 4.97. The van der Waals surface area contributed by atoms with Crippen LogP contribution >= 0.6 is 11.3 Å². The highest BCUT2D eigenvalue weighted by atomic mass is 32.2. The summed E-state index contributed by atoms with van der Waals surface area (Å²) in [6, 6.07) is 11.1. The molecule has 3 aromatic rings. The topological polar surface area (TPSA) is 99.7 Å². The first-order chi connectivity index (χ1) is 16.0. The van der Waals surface area contributed by atoms with Crippen LogP contribution in [-0.4, -0.2) is 63.6 Å². The van der Waals surface area contributed by atoms with E-state index in [-0.39, 0.29) is 23.3 Å². The minimum absolute atomic E-state index is 0.134. The molecule has 2 amide bonds. The number of rotatable bonds is 6. The molecule has 1 N–H and O–H groups in total. The summed E-state index contributed by atoms with van der Waals surface area (Å²) < 4.78 is 24.1. The summed E-state index contributed by atoms with van der Waals surface area (Å²) >= 11 is 1.32. The van der Waals surface area contributed by atoms with E-state index in [1.807, 2.05) is 48.6 Å². The number of benzene rings is 2. The van der Waals surface area contributed by atoms with Gasteiger partial charge in [0.15, 0.2) is 15.0 Å². The van der Waals surface area contributed by atoms with Gasteiger partial charge in [-0.05, 0) is 42.7 Å². The van der Waals surface area contributed by atoms with E-state index >= 15 is 0 Å². The van der Waals surface area contributed by atoms with E-state index in [9.17, 15) is 18.0 Å². The zero-order valence-electron chi connectivity index (χ0n) is 19.5. The number of aromatic nitrogens is 1. The fraction of sp³-hybridized carbons (Fsp3) is 0.292. The lowest BCUT2D eigenvalue weighted by molar-refractivity contribution is -0.116. The maximum Gasteiger partial charge on any atom is 0.254 e. The van der Waals surface area contributed by atoms with Crippen LogP contribution in [0.1, 0.15) is 21.5 Å². The molecule has 34 heavy (non-hydrogen) atoms. The Kier molecular flexibility index (Phi) is 6.46. The van der Waals surface area contributed by atoms with Crippen LogP contribution in [0, 0.1) is 6.92 Å².